The number of hydrogen-bond donors (Lipinski definition) is 0. The molecule has 0 saturated carbocycles. The minimum absolute atomic E-state index is 0.0830. The van der Waals surface area contributed by atoms with Crippen molar-refractivity contribution in [3.05, 3.63) is 65.9 Å². The Morgan fingerprint density at radius 2 is 1.91 bits per heavy atom. The van der Waals surface area contributed by atoms with Crippen molar-refractivity contribution in [2.45, 2.75) is 18.4 Å². The first-order valence-corrected chi connectivity index (χ1v) is 7.96. The van der Waals surface area contributed by atoms with Gasteiger partial charge in [-0.05, 0) is 43.3 Å². The fraction of sp³-hybridized carbons (Fsp3) is 0.133. The molecule has 1 aromatic carbocycles. The van der Waals surface area contributed by atoms with E-state index in [4.69, 9.17) is 4.18 Å². The number of rotatable bonds is 4. The molecule has 22 heavy (non-hydrogen) atoms. The largest absolute Gasteiger partial charge is 0.301 e. The molecule has 0 N–H and O–H groups in total. The Hall–Kier alpha value is -2.25. The molecular weight excluding hydrogens is 307 g/mol. The Morgan fingerprint density at radius 3 is 2.64 bits per heavy atom. The van der Waals surface area contributed by atoms with Crippen molar-refractivity contribution in [2.75, 3.05) is 0 Å². The summed E-state index contributed by atoms with van der Waals surface area (Å²) in [6.45, 7) is 1.65. The second-order valence-corrected chi connectivity index (χ2v) is 6.36. The Balaban J connectivity index is 1.87. The molecule has 0 fully saturated rings. The summed E-state index contributed by atoms with van der Waals surface area (Å²) in [6.07, 6.45) is 1.79. The Labute approximate surface area is 127 Å². The Kier molecular flexibility index (Phi) is 3.67. The van der Waals surface area contributed by atoms with Gasteiger partial charge in [0.15, 0.2) is 0 Å². The molecule has 114 valence electrons. The fourth-order valence-electron chi connectivity index (χ4n) is 2.14. The number of pyridine rings is 1. The quantitative estimate of drug-likeness (QED) is 0.694. The van der Waals surface area contributed by atoms with Crippen molar-refractivity contribution in [2.24, 2.45) is 0 Å². The van der Waals surface area contributed by atoms with Crippen molar-refractivity contribution in [1.82, 2.24) is 9.38 Å². The highest BCUT2D eigenvalue weighted by Gasteiger charge is 2.17. The molecule has 0 aliphatic heterocycles. The predicted octanol–water partition coefficient (Wildman–Crippen LogP) is 2.69. The van der Waals surface area contributed by atoms with Crippen LogP contribution >= 0.6 is 0 Å². The first kappa shape index (κ1) is 14.7. The highest BCUT2D eigenvalue weighted by atomic mass is 32.2. The standard InChI is InChI=1S/C15H13FN2O3S/c1-11-14(18-9-3-2-4-15(18)17-11)10-21-22(19,20)13-7-5-12(16)6-8-13/h2-9H,10H2,1H3. The van der Waals surface area contributed by atoms with Gasteiger partial charge in [-0.3, -0.25) is 4.18 Å². The average molecular weight is 320 g/mol. The number of hydrogen-bond acceptors (Lipinski definition) is 4. The van der Waals surface area contributed by atoms with Gasteiger partial charge in [0.05, 0.1) is 16.3 Å². The zero-order valence-electron chi connectivity index (χ0n) is 11.7. The highest BCUT2D eigenvalue weighted by Crippen LogP contribution is 2.18. The highest BCUT2D eigenvalue weighted by molar-refractivity contribution is 7.86. The molecule has 0 aliphatic carbocycles. The lowest BCUT2D eigenvalue weighted by molar-refractivity contribution is 0.302. The van der Waals surface area contributed by atoms with Gasteiger partial charge >= 0.3 is 0 Å². The van der Waals surface area contributed by atoms with Crippen LogP contribution in [0.3, 0.4) is 0 Å². The third-order valence-electron chi connectivity index (χ3n) is 3.28. The lowest BCUT2D eigenvalue weighted by Gasteiger charge is -2.06. The number of fused-ring (bicyclic) bond motifs is 1. The fourth-order valence-corrected chi connectivity index (χ4v) is 3.01. The van der Waals surface area contributed by atoms with Crippen LogP contribution < -0.4 is 0 Å². The third-order valence-corrected chi connectivity index (χ3v) is 4.56. The van der Waals surface area contributed by atoms with Crippen LogP contribution in [0, 0.1) is 12.7 Å². The second kappa shape index (κ2) is 5.51. The van der Waals surface area contributed by atoms with E-state index in [1.54, 1.807) is 17.5 Å². The molecule has 5 nitrogen and oxygen atoms in total. The number of halogens is 1. The van der Waals surface area contributed by atoms with Crippen LogP contribution in [0.1, 0.15) is 11.4 Å². The average Bonchev–Trinajstić information content (AvgIpc) is 2.81. The van der Waals surface area contributed by atoms with Gasteiger partial charge in [-0.2, -0.15) is 8.42 Å². The van der Waals surface area contributed by atoms with Crippen molar-refractivity contribution >= 4 is 15.8 Å². The van der Waals surface area contributed by atoms with Crippen LogP contribution in [0.2, 0.25) is 0 Å². The van der Waals surface area contributed by atoms with Gasteiger partial charge in [-0.25, -0.2) is 9.37 Å². The van der Waals surface area contributed by atoms with E-state index in [1.165, 1.54) is 12.1 Å². The van der Waals surface area contributed by atoms with Gasteiger partial charge < -0.3 is 4.40 Å². The summed E-state index contributed by atoms with van der Waals surface area (Å²) in [5.74, 6) is -0.503. The van der Waals surface area contributed by atoms with Crippen LogP contribution in [0.25, 0.3) is 5.65 Å². The van der Waals surface area contributed by atoms with Crippen molar-refractivity contribution in [3.63, 3.8) is 0 Å². The summed E-state index contributed by atoms with van der Waals surface area (Å²) in [5, 5.41) is 0. The van der Waals surface area contributed by atoms with Crippen LogP contribution in [0.4, 0.5) is 4.39 Å². The van der Waals surface area contributed by atoms with Crippen molar-refractivity contribution in [1.29, 1.82) is 0 Å². The maximum Gasteiger partial charge on any atom is 0.297 e. The van der Waals surface area contributed by atoms with E-state index >= 15 is 0 Å². The third kappa shape index (κ3) is 2.72. The first-order valence-electron chi connectivity index (χ1n) is 6.55. The Morgan fingerprint density at radius 1 is 1.18 bits per heavy atom. The van der Waals surface area contributed by atoms with E-state index in [0.717, 1.165) is 17.8 Å². The number of aryl methyl sites for hydroxylation is 1. The number of imidazole rings is 1. The van der Waals surface area contributed by atoms with Crippen LogP contribution in [-0.2, 0) is 20.9 Å². The lowest BCUT2D eigenvalue weighted by Crippen LogP contribution is -2.08. The normalized spacial score (nSPS) is 11.9. The molecule has 2 aromatic heterocycles. The van der Waals surface area contributed by atoms with E-state index in [9.17, 15) is 12.8 Å². The molecule has 0 unspecified atom stereocenters. The zero-order valence-corrected chi connectivity index (χ0v) is 12.5. The predicted molar refractivity (Wildman–Crippen MR) is 78.3 cm³/mol. The van der Waals surface area contributed by atoms with E-state index in [2.05, 4.69) is 4.98 Å². The zero-order chi connectivity index (χ0) is 15.7. The molecule has 3 aromatic rings. The van der Waals surface area contributed by atoms with Crippen molar-refractivity contribution < 1.29 is 17.0 Å². The van der Waals surface area contributed by atoms with Crippen molar-refractivity contribution in [3.8, 4) is 0 Å². The summed E-state index contributed by atoms with van der Waals surface area (Å²) in [7, 11) is -3.95. The van der Waals surface area contributed by atoms with E-state index in [0.29, 0.717) is 11.4 Å². The molecule has 0 spiro atoms. The molecule has 3 rings (SSSR count). The molecule has 0 radical (unpaired) electrons. The van der Waals surface area contributed by atoms with Gasteiger partial charge in [0.1, 0.15) is 18.1 Å². The van der Waals surface area contributed by atoms with Crippen LogP contribution in [0.5, 0.6) is 0 Å². The summed E-state index contributed by atoms with van der Waals surface area (Å²) >= 11 is 0. The first-order chi connectivity index (χ1) is 10.5. The minimum atomic E-state index is -3.95. The maximum absolute atomic E-state index is 12.9. The molecule has 0 saturated heterocycles. The molecular formula is C15H13FN2O3S. The molecule has 0 amide bonds. The van der Waals surface area contributed by atoms with E-state index < -0.39 is 15.9 Å². The number of nitrogens with zero attached hydrogens (tertiary/aromatic N) is 2. The Bertz CT molecular complexity index is 918. The van der Waals surface area contributed by atoms with E-state index in [1.807, 2.05) is 18.2 Å². The number of aromatic nitrogens is 2. The van der Waals surface area contributed by atoms with Gasteiger partial charge in [0.25, 0.3) is 10.1 Å². The molecule has 0 aliphatic rings. The molecule has 7 heteroatoms. The number of benzene rings is 1. The lowest BCUT2D eigenvalue weighted by atomic mass is 10.3. The van der Waals surface area contributed by atoms with Crippen LogP contribution in [-0.4, -0.2) is 17.8 Å². The molecule has 2 heterocycles. The summed E-state index contributed by atoms with van der Waals surface area (Å²) in [6, 6.07) is 10.0. The minimum Gasteiger partial charge on any atom is -0.301 e. The van der Waals surface area contributed by atoms with Crippen LogP contribution in [0.15, 0.2) is 53.6 Å². The van der Waals surface area contributed by atoms with Gasteiger partial charge in [-0.1, -0.05) is 6.07 Å². The topological polar surface area (TPSA) is 60.7 Å². The second-order valence-electron chi connectivity index (χ2n) is 4.74. The monoisotopic (exact) mass is 320 g/mol. The summed E-state index contributed by atoms with van der Waals surface area (Å²) < 4.78 is 43.9. The smallest absolute Gasteiger partial charge is 0.297 e. The summed E-state index contributed by atoms with van der Waals surface area (Å²) in [4.78, 5) is 4.25. The SMILES string of the molecule is Cc1nc2ccccn2c1COS(=O)(=O)c1ccc(F)cc1. The molecule has 0 bridgehead atoms. The summed E-state index contributed by atoms with van der Waals surface area (Å²) in [5.41, 5.74) is 2.07. The van der Waals surface area contributed by atoms with Gasteiger partial charge in [0, 0.05) is 6.20 Å². The molecule has 0 atom stereocenters. The maximum atomic E-state index is 12.9. The van der Waals surface area contributed by atoms with Gasteiger partial charge in [-0.15, -0.1) is 0 Å². The van der Waals surface area contributed by atoms with E-state index in [-0.39, 0.29) is 11.5 Å². The van der Waals surface area contributed by atoms with Gasteiger partial charge in [0.2, 0.25) is 0 Å².